The maximum Gasteiger partial charge on any atom is 0.188 e. The number of hydrogen-bond acceptors (Lipinski definition) is 3. The molecule has 1 unspecified atom stereocenters. The fourth-order valence-electron chi connectivity index (χ4n) is 3.32. The van der Waals surface area contributed by atoms with Crippen molar-refractivity contribution < 1.29 is 0 Å². The molecule has 0 bridgehead atoms. The van der Waals surface area contributed by atoms with Gasteiger partial charge in [-0.2, -0.15) is 0 Å². The molecule has 1 aromatic heterocycles. The van der Waals surface area contributed by atoms with Crippen LogP contribution in [0.15, 0.2) is 52.8 Å². The van der Waals surface area contributed by atoms with Gasteiger partial charge in [0.25, 0.3) is 0 Å². The molecule has 1 aromatic carbocycles. The Kier molecular flexibility index (Phi) is 9.42. The lowest BCUT2D eigenvalue weighted by molar-refractivity contribution is 0.145. The maximum atomic E-state index is 6.05. The number of benzene rings is 1. The van der Waals surface area contributed by atoms with Crippen LogP contribution in [0.4, 0.5) is 0 Å². The molecule has 0 radical (unpaired) electrons. The zero-order chi connectivity index (χ0) is 17.3. The SMILES string of the molecule is I.NC(=NCC1CCCCN1Cc1ccccc1)NCCc1cccs1. The molecule has 0 amide bonds. The van der Waals surface area contributed by atoms with Crippen molar-refractivity contribution in [2.75, 3.05) is 19.6 Å². The van der Waals surface area contributed by atoms with E-state index in [0.29, 0.717) is 12.0 Å². The van der Waals surface area contributed by atoms with Crippen LogP contribution in [0.2, 0.25) is 0 Å². The third-order valence-corrected chi connectivity index (χ3v) is 5.64. The summed E-state index contributed by atoms with van der Waals surface area (Å²) >= 11 is 1.78. The number of nitrogens with two attached hydrogens (primary N) is 1. The van der Waals surface area contributed by atoms with E-state index in [4.69, 9.17) is 5.73 Å². The highest BCUT2D eigenvalue weighted by molar-refractivity contribution is 14.0. The summed E-state index contributed by atoms with van der Waals surface area (Å²) in [7, 11) is 0. The minimum Gasteiger partial charge on any atom is -0.370 e. The van der Waals surface area contributed by atoms with Crippen LogP contribution in [-0.4, -0.2) is 36.5 Å². The number of thiophene rings is 1. The van der Waals surface area contributed by atoms with Gasteiger partial charge in [0, 0.05) is 24.0 Å². The third kappa shape index (κ3) is 6.89. The summed E-state index contributed by atoms with van der Waals surface area (Å²) < 4.78 is 0. The van der Waals surface area contributed by atoms with E-state index in [-0.39, 0.29) is 24.0 Å². The van der Waals surface area contributed by atoms with E-state index in [1.165, 1.54) is 29.7 Å². The molecule has 3 rings (SSSR count). The molecule has 4 nitrogen and oxygen atoms in total. The smallest absolute Gasteiger partial charge is 0.188 e. The summed E-state index contributed by atoms with van der Waals surface area (Å²) in [6.45, 7) is 3.78. The average Bonchev–Trinajstić information content (AvgIpc) is 3.15. The Balaban J connectivity index is 0.00000243. The number of guanidine groups is 1. The van der Waals surface area contributed by atoms with E-state index in [2.05, 4.69) is 63.1 Å². The van der Waals surface area contributed by atoms with Crippen LogP contribution in [0.5, 0.6) is 0 Å². The van der Waals surface area contributed by atoms with Gasteiger partial charge in [-0.15, -0.1) is 35.3 Å². The standard InChI is InChI=1S/C20H28N4S.HI/c21-20(22-12-11-19-10-6-14-25-19)23-15-18-9-4-5-13-24(18)16-17-7-2-1-3-8-17;/h1-3,6-8,10,14,18H,4-5,9,11-13,15-16H2,(H3,21,22,23);1H. The van der Waals surface area contributed by atoms with Crippen molar-refractivity contribution in [3.05, 3.63) is 58.3 Å². The summed E-state index contributed by atoms with van der Waals surface area (Å²) in [4.78, 5) is 8.54. The van der Waals surface area contributed by atoms with Crippen LogP contribution in [0.1, 0.15) is 29.7 Å². The van der Waals surface area contributed by atoms with Gasteiger partial charge in [0.05, 0.1) is 6.54 Å². The van der Waals surface area contributed by atoms with Crippen LogP contribution >= 0.6 is 35.3 Å². The summed E-state index contributed by atoms with van der Waals surface area (Å²) in [5, 5.41) is 5.35. The molecule has 2 aromatic rings. The molecule has 1 fully saturated rings. The lowest BCUT2D eigenvalue weighted by atomic mass is 10.0. The number of rotatable bonds is 7. The summed E-state index contributed by atoms with van der Waals surface area (Å²) in [5.74, 6) is 0.571. The first-order chi connectivity index (χ1) is 12.3. The third-order valence-electron chi connectivity index (χ3n) is 4.71. The molecular weight excluding hydrogens is 455 g/mol. The highest BCUT2D eigenvalue weighted by Gasteiger charge is 2.22. The van der Waals surface area contributed by atoms with Gasteiger partial charge in [0.1, 0.15) is 0 Å². The Morgan fingerprint density at radius 2 is 2.04 bits per heavy atom. The van der Waals surface area contributed by atoms with Gasteiger partial charge in [0.2, 0.25) is 0 Å². The second-order valence-corrected chi connectivity index (χ2v) is 7.62. The Morgan fingerprint density at radius 3 is 2.81 bits per heavy atom. The van der Waals surface area contributed by atoms with Gasteiger partial charge in [0.15, 0.2) is 5.96 Å². The lowest BCUT2D eigenvalue weighted by Gasteiger charge is -2.35. The zero-order valence-corrected chi connectivity index (χ0v) is 18.3. The fraction of sp³-hybridized carbons (Fsp3) is 0.450. The Morgan fingerprint density at radius 1 is 1.19 bits per heavy atom. The first-order valence-electron chi connectivity index (χ1n) is 9.15. The lowest BCUT2D eigenvalue weighted by Crippen LogP contribution is -2.42. The van der Waals surface area contributed by atoms with Crippen molar-refractivity contribution in [1.82, 2.24) is 10.2 Å². The highest BCUT2D eigenvalue weighted by Crippen LogP contribution is 2.20. The molecule has 0 saturated carbocycles. The van der Waals surface area contributed by atoms with Crippen molar-refractivity contribution in [3.8, 4) is 0 Å². The van der Waals surface area contributed by atoms with Crippen LogP contribution in [0.3, 0.4) is 0 Å². The van der Waals surface area contributed by atoms with E-state index in [0.717, 1.165) is 32.6 Å². The monoisotopic (exact) mass is 484 g/mol. The maximum absolute atomic E-state index is 6.05. The van der Waals surface area contributed by atoms with E-state index >= 15 is 0 Å². The molecule has 6 heteroatoms. The van der Waals surface area contributed by atoms with Gasteiger partial charge < -0.3 is 11.1 Å². The van der Waals surface area contributed by atoms with Crippen molar-refractivity contribution >= 4 is 41.3 Å². The largest absolute Gasteiger partial charge is 0.370 e. The van der Waals surface area contributed by atoms with Gasteiger partial charge in [-0.25, -0.2) is 0 Å². The molecule has 1 atom stereocenters. The van der Waals surface area contributed by atoms with Gasteiger partial charge in [-0.1, -0.05) is 42.8 Å². The van der Waals surface area contributed by atoms with Gasteiger partial charge >= 0.3 is 0 Å². The molecular formula is C20H29IN4S. The van der Waals surface area contributed by atoms with Crippen LogP contribution < -0.4 is 11.1 Å². The highest BCUT2D eigenvalue weighted by atomic mass is 127. The summed E-state index contributed by atoms with van der Waals surface area (Å²) in [6.07, 6.45) is 4.77. The molecule has 26 heavy (non-hydrogen) atoms. The van der Waals surface area contributed by atoms with E-state index in [1.54, 1.807) is 11.3 Å². The quantitative estimate of drug-likeness (QED) is 0.357. The van der Waals surface area contributed by atoms with E-state index in [1.807, 2.05) is 0 Å². The topological polar surface area (TPSA) is 53.6 Å². The van der Waals surface area contributed by atoms with E-state index in [9.17, 15) is 0 Å². The predicted molar refractivity (Wildman–Crippen MR) is 122 cm³/mol. The molecule has 1 saturated heterocycles. The molecule has 0 spiro atoms. The second-order valence-electron chi connectivity index (χ2n) is 6.59. The number of hydrogen-bond donors (Lipinski definition) is 2. The van der Waals surface area contributed by atoms with Crippen molar-refractivity contribution in [1.29, 1.82) is 0 Å². The second kappa shape index (κ2) is 11.6. The first kappa shape index (κ1) is 21.2. The normalized spacial score (nSPS) is 18.3. The Hall–Kier alpha value is -1.12. The zero-order valence-electron chi connectivity index (χ0n) is 15.1. The summed E-state index contributed by atoms with van der Waals surface area (Å²) in [6, 6.07) is 15.4. The predicted octanol–water partition coefficient (Wildman–Crippen LogP) is 3.87. The molecule has 142 valence electrons. The van der Waals surface area contributed by atoms with E-state index < -0.39 is 0 Å². The minimum atomic E-state index is 0. The van der Waals surface area contributed by atoms with Crippen LogP contribution in [0.25, 0.3) is 0 Å². The number of aliphatic imine (C=N–C) groups is 1. The molecule has 1 aliphatic heterocycles. The molecule has 0 aliphatic carbocycles. The molecule has 2 heterocycles. The number of piperidine rings is 1. The Labute approximate surface area is 177 Å². The molecule has 3 N–H and O–H groups in total. The average molecular weight is 484 g/mol. The fourth-order valence-corrected chi connectivity index (χ4v) is 4.03. The molecule has 1 aliphatic rings. The Bertz CT molecular complexity index is 645. The van der Waals surface area contributed by atoms with Crippen LogP contribution in [-0.2, 0) is 13.0 Å². The van der Waals surface area contributed by atoms with Crippen molar-refractivity contribution in [2.24, 2.45) is 10.7 Å². The van der Waals surface area contributed by atoms with Crippen molar-refractivity contribution in [3.63, 3.8) is 0 Å². The van der Waals surface area contributed by atoms with Gasteiger partial charge in [-0.05, 0) is 42.8 Å². The number of halogens is 1. The van der Waals surface area contributed by atoms with Crippen molar-refractivity contribution in [2.45, 2.75) is 38.3 Å². The summed E-state index contributed by atoms with van der Waals surface area (Å²) in [5.41, 5.74) is 7.43. The van der Waals surface area contributed by atoms with Gasteiger partial charge in [-0.3, -0.25) is 9.89 Å². The first-order valence-corrected chi connectivity index (χ1v) is 10.0. The number of nitrogens with one attached hydrogen (secondary N) is 1. The number of nitrogens with zero attached hydrogens (tertiary/aromatic N) is 2. The minimum absolute atomic E-state index is 0. The van der Waals surface area contributed by atoms with Crippen LogP contribution in [0, 0.1) is 0 Å². The number of likely N-dealkylation sites (tertiary alicyclic amines) is 1.